The predicted octanol–water partition coefficient (Wildman–Crippen LogP) is 3.76. The van der Waals surface area contributed by atoms with Crippen LogP contribution >= 0.6 is 11.6 Å². The van der Waals surface area contributed by atoms with Crippen molar-refractivity contribution in [1.82, 2.24) is 9.97 Å². The summed E-state index contributed by atoms with van der Waals surface area (Å²) in [5.74, 6) is 0.670. The lowest BCUT2D eigenvalue weighted by molar-refractivity contribution is 0.474. The maximum absolute atomic E-state index is 9.83. The van der Waals surface area contributed by atoms with Crippen LogP contribution in [0.25, 0.3) is 11.0 Å². The number of rotatable bonds is 3. The van der Waals surface area contributed by atoms with Gasteiger partial charge in [0.2, 0.25) is 5.95 Å². The van der Waals surface area contributed by atoms with Crippen LogP contribution in [0.3, 0.4) is 0 Å². The van der Waals surface area contributed by atoms with Gasteiger partial charge in [-0.05, 0) is 37.3 Å². The molecule has 0 bridgehead atoms. The fraction of sp³-hybridized carbons (Fsp3) is 0.0667. The Balaban J connectivity index is 1.86. The minimum absolute atomic E-state index is 0.132. The van der Waals surface area contributed by atoms with Gasteiger partial charge in [0.1, 0.15) is 5.75 Å². The standard InChI is InChI=1S/C15H13ClN4O/c1-9(11-8-10(16)6-7-14(11)21)19-20-15-17-12-4-2-3-5-13(12)18-15/h2-8,21H,1H3,(H2,17,18,20)/b19-9+. The zero-order chi connectivity index (χ0) is 14.8. The monoisotopic (exact) mass is 300 g/mol. The van der Waals surface area contributed by atoms with Gasteiger partial charge in [-0.2, -0.15) is 5.10 Å². The topological polar surface area (TPSA) is 73.3 Å². The van der Waals surface area contributed by atoms with E-state index < -0.39 is 0 Å². The molecule has 0 aliphatic heterocycles. The molecule has 0 aliphatic carbocycles. The maximum atomic E-state index is 9.83. The molecule has 1 heterocycles. The van der Waals surface area contributed by atoms with Crippen LogP contribution in [-0.4, -0.2) is 20.8 Å². The molecule has 0 saturated carbocycles. The first-order valence-electron chi connectivity index (χ1n) is 6.37. The smallest absolute Gasteiger partial charge is 0.222 e. The Bertz CT molecular complexity index is 792. The quantitative estimate of drug-likeness (QED) is 0.509. The Hall–Kier alpha value is -2.53. The second-order valence-electron chi connectivity index (χ2n) is 4.57. The van der Waals surface area contributed by atoms with Crippen molar-refractivity contribution >= 4 is 34.3 Å². The van der Waals surface area contributed by atoms with E-state index in [1.807, 2.05) is 24.3 Å². The molecule has 5 nitrogen and oxygen atoms in total. The Morgan fingerprint density at radius 2 is 2.10 bits per heavy atom. The van der Waals surface area contributed by atoms with Crippen LogP contribution in [-0.2, 0) is 0 Å². The van der Waals surface area contributed by atoms with Crippen molar-refractivity contribution < 1.29 is 5.11 Å². The minimum Gasteiger partial charge on any atom is -0.507 e. The summed E-state index contributed by atoms with van der Waals surface area (Å²) in [6, 6.07) is 12.5. The predicted molar refractivity (Wildman–Crippen MR) is 85.0 cm³/mol. The van der Waals surface area contributed by atoms with Gasteiger partial charge in [0.15, 0.2) is 0 Å². The van der Waals surface area contributed by atoms with Gasteiger partial charge in [-0.15, -0.1) is 0 Å². The molecule has 1 aromatic heterocycles. The van der Waals surface area contributed by atoms with Gasteiger partial charge >= 0.3 is 0 Å². The summed E-state index contributed by atoms with van der Waals surface area (Å²) < 4.78 is 0. The van der Waals surface area contributed by atoms with Crippen molar-refractivity contribution in [3.63, 3.8) is 0 Å². The van der Waals surface area contributed by atoms with Crippen molar-refractivity contribution in [2.24, 2.45) is 5.10 Å². The molecule has 3 N–H and O–H groups in total. The number of hydrogen-bond acceptors (Lipinski definition) is 4. The van der Waals surface area contributed by atoms with E-state index in [0.717, 1.165) is 11.0 Å². The second-order valence-corrected chi connectivity index (χ2v) is 5.01. The Kier molecular flexibility index (Phi) is 3.50. The van der Waals surface area contributed by atoms with Crippen LogP contribution in [0, 0.1) is 0 Å². The fourth-order valence-electron chi connectivity index (χ4n) is 2.00. The normalized spacial score (nSPS) is 11.8. The molecule has 0 spiro atoms. The van der Waals surface area contributed by atoms with Crippen LogP contribution in [0.15, 0.2) is 47.6 Å². The van der Waals surface area contributed by atoms with E-state index in [9.17, 15) is 5.11 Å². The van der Waals surface area contributed by atoms with Gasteiger partial charge < -0.3 is 10.1 Å². The van der Waals surface area contributed by atoms with E-state index in [1.54, 1.807) is 19.1 Å². The number of halogens is 1. The van der Waals surface area contributed by atoms with E-state index in [-0.39, 0.29) is 5.75 Å². The number of aromatic hydroxyl groups is 1. The number of H-pyrrole nitrogens is 1. The highest BCUT2D eigenvalue weighted by Crippen LogP contribution is 2.22. The van der Waals surface area contributed by atoms with Crippen LogP contribution < -0.4 is 5.43 Å². The van der Waals surface area contributed by atoms with Crippen LogP contribution in [0.5, 0.6) is 5.75 Å². The number of phenols is 1. The van der Waals surface area contributed by atoms with Crippen LogP contribution in [0.1, 0.15) is 12.5 Å². The number of anilines is 1. The Morgan fingerprint density at radius 1 is 1.29 bits per heavy atom. The van der Waals surface area contributed by atoms with Crippen molar-refractivity contribution in [2.45, 2.75) is 6.92 Å². The SMILES string of the molecule is C/C(=N\Nc1nc2ccccc2[nH]1)c1cc(Cl)ccc1O. The fourth-order valence-corrected chi connectivity index (χ4v) is 2.17. The van der Waals surface area contributed by atoms with Crippen molar-refractivity contribution in [3.8, 4) is 5.75 Å². The zero-order valence-corrected chi connectivity index (χ0v) is 12.0. The number of imidazole rings is 1. The molecule has 0 unspecified atom stereocenters. The number of hydrogen-bond donors (Lipinski definition) is 3. The second kappa shape index (κ2) is 5.46. The molecular formula is C15H13ClN4O. The number of aromatic amines is 1. The molecule has 6 heteroatoms. The molecule has 3 aromatic rings. The van der Waals surface area contributed by atoms with E-state index in [2.05, 4.69) is 20.5 Å². The molecule has 0 saturated heterocycles. The maximum Gasteiger partial charge on any atom is 0.222 e. The van der Waals surface area contributed by atoms with Gasteiger partial charge in [-0.25, -0.2) is 10.4 Å². The van der Waals surface area contributed by atoms with Gasteiger partial charge in [-0.1, -0.05) is 23.7 Å². The van der Waals surface area contributed by atoms with Gasteiger partial charge in [-0.3, -0.25) is 0 Å². The molecule has 0 radical (unpaired) electrons. The highest BCUT2D eigenvalue weighted by molar-refractivity contribution is 6.31. The highest BCUT2D eigenvalue weighted by atomic mass is 35.5. The first-order chi connectivity index (χ1) is 10.1. The lowest BCUT2D eigenvalue weighted by Gasteiger charge is -2.04. The molecule has 106 valence electrons. The summed E-state index contributed by atoms with van der Waals surface area (Å²) in [6.07, 6.45) is 0. The van der Waals surface area contributed by atoms with E-state index in [0.29, 0.717) is 22.2 Å². The lowest BCUT2D eigenvalue weighted by Crippen LogP contribution is -2.01. The molecule has 0 amide bonds. The number of aromatic nitrogens is 2. The third kappa shape index (κ3) is 2.83. The summed E-state index contributed by atoms with van der Waals surface area (Å²) >= 11 is 5.93. The summed E-state index contributed by atoms with van der Waals surface area (Å²) in [4.78, 5) is 7.47. The highest BCUT2D eigenvalue weighted by Gasteiger charge is 2.06. The third-order valence-corrected chi connectivity index (χ3v) is 3.30. The number of hydrazone groups is 1. The van der Waals surface area contributed by atoms with E-state index in [1.165, 1.54) is 6.07 Å². The number of para-hydroxylation sites is 2. The van der Waals surface area contributed by atoms with Crippen molar-refractivity contribution in [3.05, 3.63) is 53.1 Å². The first kappa shape index (κ1) is 13.5. The molecular weight excluding hydrogens is 288 g/mol. The number of phenolic OH excluding ortho intramolecular Hbond substituents is 1. The number of fused-ring (bicyclic) bond motifs is 1. The minimum atomic E-state index is 0.132. The van der Waals surface area contributed by atoms with Gasteiger partial charge in [0.25, 0.3) is 0 Å². The van der Waals surface area contributed by atoms with E-state index >= 15 is 0 Å². The number of nitrogens with one attached hydrogen (secondary N) is 2. The molecule has 21 heavy (non-hydrogen) atoms. The summed E-state index contributed by atoms with van der Waals surface area (Å²) in [7, 11) is 0. The van der Waals surface area contributed by atoms with Gasteiger partial charge in [0.05, 0.1) is 16.7 Å². The molecule has 0 aliphatic rings. The molecule has 0 fully saturated rings. The summed E-state index contributed by atoms with van der Waals surface area (Å²) in [5.41, 5.74) is 5.82. The van der Waals surface area contributed by atoms with E-state index in [4.69, 9.17) is 11.6 Å². The number of nitrogens with zero attached hydrogens (tertiary/aromatic N) is 2. The van der Waals surface area contributed by atoms with Crippen molar-refractivity contribution in [1.29, 1.82) is 0 Å². The summed E-state index contributed by atoms with van der Waals surface area (Å²) in [5, 5.41) is 14.6. The summed E-state index contributed by atoms with van der Waals surface area (Å²) in [6.45, 7) is 1.78. The van der Waals surface area contributed by atoms with Crippen molar-refractivity contribution in [2.75, 3.05) is 5.43 Å². The molecule has 0 atom stereocenters. The first-order valence-corrected chi connectivity index (χ1v) is 6.75. The average Bonchev–Trinajstić information content (AvgIpc) is 2.90. The Morgan fingerprint density at radius 3 is 2.90 bits per heavy atom. The number of benzene rings is 2. The average molecular weight is 301 g/mol. The lowest BCUT2D eigenvalue weighted by atomic mass is 10.1. The molecule has 3 rings (SSSR count). The zero-order valence-electron chi connectivity index (χ0n) is 11.3. The Labute approximate surface area is 126 Å². The molecule has 2 aromatic carbocycles. The van der Waals surface area contributed by atoms with Gasteiger partial charge in [0, 0.05) is 10.6 Å². The van der Waals surface area contributed by atoms with Crippen LogP contribution in [0.4, 0.5) is 5.95 Å². The third-order valence-electron chi connectivity index (χ3n) is 3.07. The largest absolute Gasteiger partial charge is 0.507 e. The van der Waals surface area contributed by atoms with Crippen LogP contribution in [0.2, 0.25) is 5.02 Å².